The van der Waals surface area contributed by atoms with Crippen LogP contribution in [0.15, 0.2) is 17.1 Å². The first-order valence-electron chi connectivity index (χ1n) is 5.30. The van der Waals surface area contributed by atoms with Crippen molar-refractivity contribution < 1.29 is 0 Å². The Bertz CT molecular complexity index is 621. The van der Waals surface area contributed by atoms with Gasteiger partial charge in [-0.2, -0.15) is 4.98 Å². The molecule has 5 nitrogen and oxygen atoms in total. The maximum atomic E-state index is 12.0. The van der Waals surface area contributed by atoms with E-state index < -0.39 is 0 Å². The number of halogens is 1. The summed E-state index contributed by atoms with van der Waals surface area (Å²) in [4.78, 5) is 20.4. The number of hydrogen-bond donors (Lipinski definition) is 1. The molecule has 0 aliphatic heterocycles. The van der Waals surface area contributed by atoms with Crippen molar-refractivity contribution >= 4 is 28.6 Å². The molecule has 0 unspecified atom stereocenters. The fourth-order valence-corrected chi connectivity index (χ4v) is 1.89. The van der Waals surface area contributed by atoms with Crippen molar-refractivity contribution in [1.29, 1.82) is 0 Å². The molecule has 1 N–H and O–H groups in total. The second-order valence-corrected chi connectivity index (χ2v) is 4.39. The topological polar surface area (TPSA) is 59.8 Å². The Morgan fingerprint density at radius 3 is 2.76 bits per heavy atom. The van der Waals surface area contributed by atoms with Crippen LogP contribution in [0.4, 0.5) is 5.95 Å². The minimum absolute atomic E-state index is 0.0108. The van der Waals surface area contributed by atoms with Gasteiger partial charge in [0.1, 0.15) is 10.7 Å². The molecule has 0 amide bonds. The summed E-state index contributed by atoms with van der Waals surface area (Å²) in [5.74, 6) is 0.480. The van der Waals surface area contributed by atoms with Gasteiger partial charge in [0.15, 0.2) is 0 Å². The summed E-state index contributed by atoms with van der Waals surface area (Å²) in [5, 5.41) is 3.79. The molecule has 6 heteroatoms. The molecule has 0 saturated carbocycles. The Balaban J connectivity index is 2.89. The highest BCUT2D eigenvalue weighted by Gasteiger charge is 2.12. The van der Waals surface area contributed by atoms with Crippen molar-refractivity contribution in [2.45, 2.75) is 19.9 Å². The summed E-state index contributed by atoms with van der Waals surface area (Å²) in [5.41, 5.74) is 0.365. The summed E-state index contributed by atoms with van der Waals surface area (Å²) in [6.07, 6.45) is 1.65. The molecule has 2 heterocycles. The van der Waals surface area contributed by atoms with Crippen LogP contribution in [0, 0.1) is 0 Å². The van der Waals surface area contributed by atoms with Gasteiger partial charge < -0.3 is 5.32 Å². The fourth-order valence-electron chi connectivity index (χ4n) is 1.69. The second-order valence-electron chi connectivity index (χ2n) is 3.98. The van der Waals surface area contributed by atoms with E-state index in [2.05, 4.69) is 15.3 Å². The first-order chi connectivity index (χ1) is 8.04. The van der Waals surface area contributed by atoms with Crippen molar-refractivity contribution in [3.05, 3.63) is 27.6 Å². The zero-order chi connectivity index (χ0) is 12.6. The SMILES string of the molecule is CNc1ncc2cc(Cl)c(=O)n(C(C)C)c2n1. The fraction of sp³-hybridized carbons (Fsp3) is 0.364. The monoisotopic (exact) mass is 252 g/mol. The highest BCUT2D eigenvalue weighted by atomic mass is 35.5. The number of nitrogens with zero attached hydrogens (tertiary/aromatic N) is 3. The summed E-state index contributed by atoms with van der Waals surface area (Å²) < 4.78 is 1.57. The standard InChI is InChI=1S/C11H13ClN4O/c1-6(2)16-9-7(4-8(12)10(16)17)5-14-11(13-3)15-9/h4-6H,1-3H3,(H,13,14,15). The number of fused-ring (bicyclic) bond motifs is 1. The summed E-state index contributed by atoms with van der Waals surface area (Å²) in [6, 6.07) is 1.58. The highest BCUT2D eigenvalue weighted by molar-refractivity contribution is 6.31. The van der Waals surface area contributed by atoms with E-state index >= 15 is 0 Å². The highest BCUT2D eigenvalue weighted by Crippen LogP contribution is 2.18. The van der Waals surface area contributed by atoms with Gasteiger partial charge in [-0.05, 0) is 19.9 Å². The van der Waals surface area contributed by atoms with Crippen LogP contribution < -0.4 is 10.9 Å². The molecule has 2 aromatic heterocycles. The van der Waals surface area contributed by atoms with Crippen LogP contribution in [-0.4, -0.2) is 21.6 Å². The van der Waals surface area contributed by atoms with Crippen molar-refractivity contribution in [3.8, 4) is 0 Å². The summed E-state index contributed by atoms with van der Waals surface area (Å²) >= 11 is 5.91. The molecule has 17 heavy (non-hydrogen) atoms. The Morgan fingerprint density at radius 1 is 1.47 bits per heavy atom. The van der Waals surface area contributed by atoms with Gasteiger partial charge in [0.05, 0.1) is 0 Å². The molecular weight excluding hydrogens is 240 g/mol. The van der Waals surface area contributed by atoms with E-state index in [1.165, 1.54) is 0 Å². The molecule has 0 radical (unpaired) electrons. The van der Waals surface area contributed by atoms with Crippen molar-refractivity contribution in [2.75, 3.05) is 12.4 Å². The third-order valence-electron chi connectivity index (χ3n) is 2.47. The van der Waals surface area contributed by atoms with Gasteiger partial charge in [0, 0.05) is 24.7 Å². The molecule has 90 valence electrons. The molecule has 0 aliphatic rings. The molecule has 2 aromatic rings. The smallest absolute Gasteiger partial charge is 0.271 e. The molecule has 0 bridgehead atoms. The summed E-state index contributed by atoms with van der Waals surface area (Å²) in [6.45, 7) is 3.83. The van der Waals surface area contributed by atoms with E-state index in [0.29, 0.717) is 11.6 Å². The predicted molar refractivity (Wildman–Crippen MR) is 68.7 cm³/mol. The quantitative estimate of drug-likeness (QED) is 0.889. The second kappa shape index (κ2) is 4.33. The normalized spacial score (nSPS) is 11.1. The molecule has 2 rings (SSSR count). The van der Waals surface area contributed by atoms with Crippen LogP contribution in [0.1, 0.15) is 19.9 Å². The zero-order valence-corrected chi connectivity index (χ0v) is 10.6. The number of anilines is 1. The average Bonchev–Trinajstić information content (AvgIpc) is 2.29. The third-order valence-corrected chi connectivity index (χ3v) is 2.74. The third kappa shape index (κ3) is 1.98. The van der Waals surface area contributed by atoms with Gasteiger partial charge in [-0.25, -0.2) is 4.98 Å². The Morgan fingerprint density at radius 2 is 2.18 bits per heavy atom. The largest absolute Gasteiger partial charge is 0.357 e. The molecule has 0 aromatic carbocycles. The lowest BCUT2D eigenvalue weighted by Crippen LogP contribution is -2.23. The van der Waals surface area contributed by atoms with E-state index in [-0.39, 0.29) is 16.6 Å². The minimum Gasteiger partial charge on any atom is -0.357 e. The lowest BCUT2D eigenvalue weighted by Gasteiger charge is -2.13. The minimum atomic E-state index is -0.227. The number of pyridine rings is 1. The van der Waals surface area contributed by atoms with E-state index in [0.717, 1.165) is 5.39 Å². The van der Waals surface area contributed by atoms with Crippen LogP contribution in [0.2, 0.25) is 5.02 Å². The van der Waals surface area contributed by atoms with Crippen molar-refractivity contribution in [1.82, 2.24) is 14.5 Å². The van der Waals surface area contributed by atoms with Crippen molar-refractivity contribution in [2.24, 2.45) is 0 Å². The Labute approximate surface area is 103 Å². The zero-order valence-electron chi connectivity index (χ0n) is 9.86. The molecule has 0 atom stereocenters. The van der Waals surface area contributed by atoms with Crippen molar-refractivity contribution in [3.63, 3.8) is 0 Å². The molecule has 0 saturated heterocycles. The van der Waals surface area contributed by atoms with Crippen LogP contribution in [0.25, 0.3) is 11.0 Å². The van der Waals surface area contributed by atoms with Crippen LogP contribution in [0.3, 0.4) is 0 Å². The van der Waals surface area contributed by atoms with Gasteiger partial charge in [-0.1, -0.05) is 11.6 Å². The lowest BCUT2D eigenvalue weighted by molar-refractivity contribution is 0.595. The van der Waals surface area contributed by atoms with Gasteiger partial charge in [-0.15, -0.1) is 0 Å². The van der Waals surface area contributed by atoms with Gasteiger partial charge >= 0.3 is 0 Å². The predicted octanol–water partition coefficient (Wildman–Crippen LogP) is 2.07. The number of hydrogen-bond acceptors (Lipinski definition) is 4. The van der Waals surface area contributed by atoms with Gasteiger partial charge in [-0.3, -0.25) is 9.36 Å². The molecule has 0 aliphatic carbocycles. The van der Waals surface area contributed by atoms with E-state index in [1.807, 2.05) is 13.8 Å². The molecule has 0 fully saturated rings. The van der Waals surface area contributed by atoms with Crippen LogP contribution >= 0.6 is 11.6 Å². The summed E-state index contributed by atoms with van der Waals surface area (Å²) in [7, 11) is 1.73. The van der Waals surface area contributed by atoms with Gasteiger partial charge in [0.25, 0.3) is 5.56 Å². The maximum absolute atomic E-state index is 12.0. The number of nitrogens with one attached hydrogen (secondary N) is 1. The first-order valence-corrected chi connectivity index (χ1v) is 5.68. The lowest BCUT2D eigenvalue weighted by atomic mass is 10.3. The Kier molecular flexibility index (Phi) is 3.02. The molecule has 0 spiro atoms. The number of aromatic nitrogens is 3. The molecular formula is C11H13ClN4O. The van der Waals surface area contributed by atoms with Crippen LogP contribution in [-0.2, 0) is 0 Å². The maximum Gasteiger partial charge on any atom is 0.271 e. The average molecular weight is 253 g/mol. The van der Waals surface area contributed by atoms with E-state index in [9.17, 15) is 4.79 Å². The van der Waals surface area contributed by atoms with Gasteiger partial charge in [0.2, 0.25) is 5.95 Å². The van der Waals surface area contributed by atoms with Crippen LogP contribution in [0.5, 0.6) is 0 Å². The Hall–Kier alpha value is -1.62. The van der Waals surface area contributed by atoms with E-state index in [4.69, 9.17) is 11.6 Å². The van der Waals surface area contributed by atoms with E-state index in [1.54, 1.807) is 23.9 Å². The number of rotatable bonds is 2. The first kappa shape index (κ1) is 11.9.